The third-order valence-electron chi connectivity index (χ3n) is 11.6. The van der Waals surface area contributed by atoms with E-state index < -0.39 is 0 Å². The number of ether oxygens (including phenoxy) is 2. The molecule has 12 heteroatoms. The van der Waals surface area contributed by atoms with E-state index in [1.54, 1.807) is 23.5 Å². The Kier molecular flexibility index (Phi) is 15.5. The summed E-state index contributed by atoms with van der Waals surface area (Å²) >= 11 is 3.52. The van der Waals surface area contributed by atoms with E-state index in [9.17, 15) is 19.2 Å². The number of nitrogens with zero attached hydrogens (tertiary/aromatic N) is 1. The van der Waals surface area contributed by atoms with Crippen LogP contribution in [0.3, 0.4) is 0 Å². The number of hydrogen-bond donors (Lipinski definition) is 3. The van der Waals surface area contributed by atoms with Crippen LogP contribution in [-0.4, -0.2) is 65.2 Å². The van der Waals surface area contributed by atoms with Crippen LogP contribution in [0.2, 0.25) is 0 Å². The summed E-state index contributed by atoms with van der Waals surface area (Å²) in [5.41, 5.74) is 12.3. The minimum absolute atomic E-state index is 0.110. The topological polar surface area (TPSA) is 143 Å². The highest BCUT2D eigenvalue weighted by Crippen LogP contribution is 2.32. The average Bonchev–Trinajstić information content (AvgIpc) is 3.83. The molecule has 1 aliphatic carbocycles. The van der Waals surface area contributed by atoms with Gasteiger partial charge in [-0.3, -0.25) is 19.2 Å². The Balaban J connectivity index is 1.35. The standard InChI is InChI=1S/C50H56N4O6S2/c1-29-10-9-11-35(15-12-29)61-24-22-39-34(6)49(57)54-46(39)27-42-32(4)38(19-21-48(56)60-8)45(52-42)28-44-37(18-20-47(55)59-7)31(3)41(51-44)26-43-33(5)40(50(58)53-43)23-25-62-36-16-13-30(2)14-17-36/h9-10,12-17,26-28,51-52H,11,18-25H2,1-8H3,(H,54,57)/b41-26?,44-28?,46-27-. The number of carbonyl (C=O) groups is 4. The van der Waals surface area contributed by atoms with Gasteiger partial charge in [0, 0.05) is 68.2 Å². The van der Waals surface area contributed by atoms with Crippen molar-refractivity contribution in [2.45, 2.75) is 91.4 Å². The monoisotopic (exact) mass is 872 g/mol. The summed E-state index contributed by atoms with van der Waals surface area (Å²) in [6.45, 7) is 12.0. The zero-order valence-electron chi connectivity index (χ0n) is 36.9. The SMILES string of the molecule is COC(=O)CCc1c(C=c2[nH]c(=CC3=NC(=O)C(CCSc4ccc(C)cc4)=C3C)c(C)c2CCC(=O)OC)[nH]c(/C=C2\NC(=O)C(C)=C2CCSC2=CC=C(C)C=CC2)c1C. The lowest BCUT2D eigenvalue weighted by Crippen LogP contribution is -2.15. The van der Waals surface area contributed by atoms with E-state index in [0.29, 0.717) is 42.5 Å². The van der Waals surface area contributed by atoms with Gasteiger partial charge in [0.1, 0.15) is 0 Å². The van der Waals surface area contributed by atoms with Gasteiger partial charge in [-0.1, -0.05) is 47.6 Å². The summed E-state index contributed by atoms with van der Waals surface area (Å²) in [4.78, 5) is 65.2. The van der Waals surface area contributed by atoms with Crippen LogP contribution in [0.4, 0.5) is 0 Å². The molecule has 3 N–H and O–H groups in total. The van der Waals surface area contributed by atoms with Crippen molar-refractivity contribution in [1.29, 1.82) is 0 Å². The van der Waals surface area contributed by atoms with Gasteiger partial charge in [0.05, 0.1) is 19.9 Å². The molecule has 3 aliphatic rings. The number of thioether (sulfide) groups is 2. The molecule has 0 saturated carbocycles. The van der Waals surface area contributed by atoms with Gasteiger partial charge in [0.25, 0.3) is 11.8 Å². The maximum atomic E-state index is 13.2. The van der Waals surface area contributed by atoms with Crippen LogP contribution in [-0.2, 0) is 41.5 Å². The first kappa shape index (κ1) is 45.9. The molecule has 2 aromatic heterocycles. The van der Waals surface area contributed by atoms with Crippen molar-refractivity contribution in [1.82, 2.24) is 15.3 Å². The molecule has 0 spiro atoms. The fraction of sp³-hybridized carbons (Fsp3) is 0.340. The van der Waals surface area contributed by atoms with Crippen LogP contribution in [0.15, 0.2) is 96.9 Å². The summed E-state index contributed by atoms with van der Waals surface area (Å²) in [5.74, 6) is 0.605. The molecular weight excluding hydrogens is 817 g/mol. The molecule has 10 nitrogen and oxygen atoms in total. The first-order chi connectivity index (χ1) is 29.8. The zero-order valence-corrected chi connectivity index (χ0v) is 38.6. The van der Waals surface area contributed by atoms with Gasteiger partial charge in [-0.2, -0.15) is 0 Å². The van der Waals surface area contributed by atoms with Gasteiger partial charge in [0.15, 0.2) is 0 Å². The predicted molar refractivity (Wildman–Crippen MR) is 252 cm³/mol. The molecule has 3 aromatic rings. The summed E-state index contributed by atoms with van der Waals surface area (Å²) in [6, 6.07) is 8.37. The van der Waals surface area contributed by atoms with Crippen LogP contribution in [0.1, 0.15) is 92.1 Å². The number of amides is 2. The quantitative estimate of drug-likeness (QED) is 0.0910. The van der Waals surface area contributed by atoms with Crippen molar-refractivity contribution in [3.8, 4) is 0 Å². The second-order valence-corrected chi connectivity index (χ2v) is 18.1. The smallest absolute Gasteiger partial charge is 0.305 e. The van der Waals surface area contributed by atoms with Crippen molar-refractivity contribution in [3.05, 3.63) is 137 Å². The lowest BCUT2D eigenvalue weighted by Gasteiger charge is -2.08. The van der Waals surface area contributed by atoms with Crippen LogP contribution in [0.5, 0.6) is 0 Å². The molecule has 1 aromatic carbocycles. The van der Waals surface area contributed by atoms with Gasteiger partial charge < -0.3 is 24.8 Å². The molecule has 62 heavy (non-hydrogen) atoms. The second kappa shape index (κ2) is 21.0. The first-order valence-corrected chi connectivity index (χ1v) is 22.9. The molecule has 0 radical (unpaired) electrons. The number of aliphatic imine (C=N–C) groups is 1. The average molecular weight is 873 g/mol. The Morgan fingerprint density at radius 3 is 2.11 bits per heavy atom. The van der Waals surface area contributed by atoms with Crippen LogP contribution < -0.4 is 16.0 Å². The minimum Gasteiger partial charge on any atom is -0.469 e. The maximum absolute atomic E-state index is 13.2. The molecule has 2 aliphatic heterocycles. The number of aryl methyl sites for hydroxylation is 1. The highest BCUT2D eigenvalue weighted by Gasteiger charge is 2.26. The molecule has 0 saturated heterocycles. The van der Waals surface area contributed by atoms with Crippen molar-refractivity contribution < 1.29 is 28.7 Å². The number of methoxy groups -OCH3 is 2. The number of allylic oxidation sites excluding steroid dienone is 8. The van der Waals surface area contributed by atoms with E-state index in [0.717, 1.165) is 84.0 Å². The van der Waals surface area contributed by atoms with E-state index in [2.05, 4.69) is 82.7 Å². The number of hydrogen-bond acceptors (Lipinski definition) is 8. The van der Waals surface area contributed by atoms with E-state index in [4.69, 9.17) is 9.47 Å². The Bertz CT molecular complexity index is 2630. The van der Waals surface area contributed by atoms with Crippen LogP contribution >= 0.6 is 23.5 Å². The van der Waals surface area contributed by atoms with E-state index in [1.807, 2.05) is 45.9 Å². The van der Waals surface area contributed by atoms with Crippen molar-refractivity contribution >= 4 is 71.2 Å². The van der Waals surface area contributed by atoms with Gasteiger partial charge in [-0.25, -0.2) is 4.99 Å². The first-order valence-electron chi connectivity index (χ1n) is 20.9. The highest BCUT2D eigenvalue weighted by molar-refractivity contribution is 8.03. The van der Waals surface area contributed by atoms with Gasteiger partial charge in [0.2, 0.25) is 0 Å². The van der Waals surface area contributed by atoms with Gasteiger partial charge in [-0.15, -0.1) is 23.5 Å². The highest BCUT2D eigenvalue weighted by atomic mass is 32.2. The zero-order chi connectivity index (χ0) is 44.5. The van der Waals surface area contributed by atoms with E-state index in [-0.39, 0.29) is 36.6 Å². The Morgan fingerprint density at radius 1 is 0.726 bits per heavy atom. The number of aromatic nitrogens is 2. The van der Waals surface area contributed by atoms with Crippen molar-refractivity contribution in [2.75, 3.05) is 25.7 Å². The van der Waals surface area contributed by atoms with Gasteiger partial charge >= 0.3 is 11.9 Å². The number of nitrogens with one attached hydrogen (secondary N) is 3. The number of esters is 2. The summed E-state index contributed by atoms with van der Waals surface area (Å²) in [7, 11) is 2.76. The third-order valence-corrected chi connectivity index (χ3v) is 13.7. The number of aromatic amines is 2. The predicted octanol–water partition coefficient (Wildman–Crippen LogP) is 8.27. The molecule has 6 rings (SSSR count). The number of rotatable bonds is 17. The number of benzene rings is 1. The lowest BCUT2D eigenvalue weighted by molar-refractivity contribution is -0.141. The molecule has 0 bridgehead atoms. The van der Waals surface area contributed by atoms with E-state index in [1.165, 1.54) is 30.3 Å². The Labute approximate surface area is 372 Å². The van der Waals surface area contributed by atoms with Crippen LogP contribution in [0.25, 0.3) is 18.2 Å². The molecular formula is C50H56N4O6S2. The molecule has 0 unspecified atom stereocenters. The number of carbonyl (C=O) groups excluding carboxylic acids is 4. The maximum Gasteiger partial charge on any atom is 0.305 e. The van der Waals surface area contributed by atoms with Crippen molar-refractivity contribution in [2.24, 2.45) is 4.99 Å². The molecule has 324 valence electrons. The fourth-order valence-electron chi connectivity index (χ4n) is 7.71. The van der Waals surface area contributed by atoms with Gasteiger partial charge in [-0.05, 0) is 142 Å². The number of H-pyrrole nitrogens is 2. The molecule has 4 heterocycles. The minimum atomic E-state index is -0.325. The fourth-order valence-corrected chi connectivity index (χ4v) is 9.53. The summed E-state index contributed by atoms with van der Waals surface area (Å²) in [5, 5.41) is 4.64. The molecule has 0 atom stereocenters. The van der Waals surface area contributed by atoms with Crippen LogP contribution in [0, 0.1) is 20.8 Å². The Morgan fingerprint density at radius 2 is 1.40 bits per heavy atom. The summed E-state index contributed by atoms with van der Waals surface area (Å²) < 4.78 is 10.0. The normalized spacial score (nSPS) is 16.6. The Hall–Kier alpha value is -5.59. The molecule has 0 fully saturated rings. The van der Waals surface area contributed by atoms with Crippen molar-refractivity contribution in [3.63, 3.8) is 0 Å². The lowest BCUT2D eigenvalue weighted by atomic mass is 10.0. The molecule has 2 amide bonds. The third kappa shape index (κ3) is 11.3. The second-order valence-electron chi connectivity index (χ2n) is 15.7. The van der Waals surface area contributed by atoms with E-state index >= 15 is 0 Å². The largest absolute Gasteiger partial charge is 0.469 e. The summed E-state index contributed by atoms with van der Waals surface area (Å²) in [6.07, 6.45) is 17.9.